The number of allylic oxidation sites excluding steroid dienone is 12. The van der Waals surface area contributed by atoms with Crippen LogP contribution in [0.2, 0.25) is 0 Å². The molecule has 0 rings (SSSR count). The fourth-order valence-corrected chi connectivity index (χ4v) is 8.78. The van der Waals surface area contributed by atoms with E-state index >= 15 is 0 Å². The summed E-state index contributed by atoms with van der Waals surface area (Å²) in [5.74, 6) is -0.890. The van der Waals surface area contributed by atoms with Crippen molar-refractivity contribution in [1.29, 1.82) is 0 Å². The van der Waals surface area contributed by atoms with Gasteiger partial charge in [-0.2, -0.15) is 0 Å². The lowest BCUT2D eigenvalue weighted by Gasteiger charge is -2.18. The van der Waals surface area contributed by atoms with E-state index in [2.05, 4.69) is 93.7 Å². The number of ether oxygens (including phenoxy) is 3. The SMILES string of the molecule is CC/C=C\C/C=C\C/C=C\C/C=C\CCCCCCCCCCC(=O)OCC(COC(=O)CCCCCCC/C=C\CCCCCCCC)OC(=O)CCCCCCCCC/C=C\CCCCCCCCC. The summed E-state index contributed by atoms with van der Waals surface area (Å²) < 4.78 is 16.9. The quantitative estimate of drug-likeness (QED) is 0.0261. The summed E-state index contributed by atoms with van der Waals surface area (Å²) in [5.41, 5.74) is 0. The first-order valence-corrected chi connectivity index (χ1v) is 30.9. The van der Waals surface area contributed by atoms with Crippen LogP contribution in [-0.2, 0) is 28.6 Å². The van der Waals surface area contributed by atoms with Gasteiger partial charge in [0.15, 0.2) is 6.10 Å². The van der Waals surface area contributed by atoms with E-state index in [1.165, 1.54) is 173 Å². The van der Waals surface area contributed by atoms with E-state index in [1.54, 1.807) is 0 Å². The van der Waals surface area contributed by atoms with E-state index in [1.807, 2.05) is 0 Å². The maximum absolute atomic E-state index is 12.9. The predicted molar refractivity (Wildman–Crippen MR) is 311 cm³/mol. The Bertz CT molecular complexity index is 1340. The summed E-state index contributed by atoms with van der Waals surface area (Å²) in [6, 6.07) is 0. The van der Waals surface area contributed by atoms with Gasteiger partial charge in [-0.15, -0.1) is 0 Å². The van der Waals surface area contributed by atoms with Crippen LogP contribution in [-0.4, -0.2) is 37.2 Å². The van der Waals surface area contributed by atoms with Crippen molar-refractivity contribution in [3.8, 4) is 0 Å². The summed E-state index contributed by atoms with van der Waals surface area (Å²) >= 11 is 0. The second-order valence-electron chi connectivity index (χ2n) is 20.6. The lowest BCUT2D eigenvalue weighted by Crippen LogP contribution is -2.30. The van der Waals surface area contributed by atoms with Crippen LogP contribution in [0, 0.1) is 0 Å². The molecule has 1 atom stereocenters. The highest BCUT2D eigenvalue weighted by atomic mass is 16.6. The first kappa shape index (κ1) is 68.8. The molecule has 0 saturated heterocycles. The molecule has 0 saturated carbocycles. The molecule has 0 fully saturated rings. The van der Waals surface area contributed by atoms with Gasteiger partial charge < -0.3 is 14.2 Å². The van der Waals surface area contributed by atoms with Gasteiger partial charge in [0.1, 0.15) is 13.2 Å². The molecular weight excluding hydrogens is 889 g/mol. The van der Waals surface area contributed by atoms with E-state index in [0.717, 1.165) is 96.3 Å². The third-order valence-electron chi connectivity index (χ3n) is 13.4. The Morgan fingerprint density at radius 2 is 0.542 bits per heavy atom. The molecule has 0 bridgehead atoms. The maximum atomic E-state index is 12.9. The van der Waals surface area contributed by atoms with Crippen LogP contribution in [0.5, 0.6) is 0 Å². The molecule has 0 aliphatic heterocycles. The summed E-state index contributed by atoms with van der Waals surface area (Å²) in [6.45, 7) is 6.54. The minimum absolute atomic E-state index is 0.0827. The Kier molecular flexibility index (Phi) is 57.8. The lowest BCUT2D eigenvalue weighted by atomic mass is 10.1. The third-order valence-corrected chi connectivity index (χ3v) is 13.4. The van der Waals surface area contributed by atoms with Crippen LogP contribution >= 0.6 is 0 Å². The Morgan fingerprint density at radius 1 is 0.292 bits per heavy atom. The molecule has 6 nitrogen and oxygen atoms in total. The number of esters is 3. The van der Waals surface area contributed by atoms with Gasteiger partial charge >= 0.3 is 17.9 Å². The fourth-order valence-electron chi connectivity index (χ4n) is 8.78. The summed E-state index contributed by atoms with van der Waals surface area (Å²) in [4.78, 5) is 38.3. The molecule has 6 heteroatoms. The molecule has 0 spiro atoms. The van der Waals surface area contributed by atoms with Crippen molar-refractivity contribution >= 4 is 17.9 Å². The van der Waals surface area contributed by atoms with Crippen molar-refractivity contribution in [2.75, 3.05) is 13.2 Å². The summed E-state index contributed by atoms with van der Waals surface area (Å²) in [6.07, 6.45) is 77.5. The smallest absolute Gasteiger partial charge is 0.306 e. The number of hydrogen-bond donors (Lipinski definition) is 0. The van der Waals surface area contributed by atoms with Crippen LogP contribution in [0.1, 0.15) is 310 Å². The summed E-state index contributed by atoms with van der Waals surface area (Å²) in [5, 5.41) is 0. The number of carbonyl (C=O) groups is 3. The molecule has 0 aliphatic rings. The van der Waals surface area contributed by atoms with Gasteiger partial charge in [-0.25, -0.2) is 0 Å². The fraction of sp³-hybridized carbons (Fsp3) is 0.773. The van der Waals surface area contributed by atoms with Gasteiger partial charge in [-0.1, -0.05) is 254 Å². The molecule has 0 amide bonds. The molecule has 0 aromatic rings. The van der Waals surface area contributed by atoms with Crippen molar-refractivity contribution in [3.63, 3.8) is 0 Å². The molecule has 1 unspecified atom stereocenters. The van der Waals surface area contributed by atoms with Crippen LogP contribution in [0.25, 0.3) is 0 Å². The maximum Gasteiger partial charge on any atom is 0.306 e. The monoisotopic (exact) mass is 1000 g/mol. The lowest BCUT2D eigenvalue weighted by molar-refractivity contribution is -0.167. The van der Waals surface area contributed by atoms with Crippen molar-refractivity contribution < 1.29 is 28.6 Å². The van der Waals surface area contributed by atoms with Gasteiger partial charge in [-0.05, 0) is 109 Å². The van der Waals surface area contributed by atoms with E-state index < -0.39 is 6.10 Å². The molecule has 0 aromatic heterocycles. The highest BCUT2D eigenvalue weighted by Gasteiger charge is 2.19. The number of rotatable bonds is 56. The number of hydrogen-bond acceptors (Lipinski definition) is 6. The van der Waals surface area contributed by atoms with E-state index in [4.69, 9.17) is 14.2 Å². The Balaban J connectivity index is 4.38. The van der Waals surface area contributed by atoms with Crippen molar-refractivity contribution in [2.24, 2.45) is 0 Å². The van der Waals surface area contributed by atoms with Crippen LogP contribution in [0.3, 0.4) is 0 Å². The van der Waals surface area contributed by atoms with Gasteiger partial charge in [0.25, 0.3) is 0 Å². The van der Waals surface area contributed by atoms with Crippen molar-refractivity contribution in [3.05, 3.63) is 72.9 Å². The van der Waals surface area contributed by atoms with Crippen molar-refractivity contribution in [2.45, 2.75) is 316 Å². The highest BCUT2D eigenvalue weighted by Crippen LogP contribution is 2.16. The Labute approximate surface area is 446 Å². The molecule has 0 radical (unpaired) electrons. The summed E-state index contributed by atoms with van der Waals surface area (Å²) in [7, 11) is 0. The number of carbonyl (C=O) groups excluding carboxylic acids is 3. The van der Waals surface area contributed by atoms with Gasteiger partial charge in [0.05, 0.1) is 0 Å². The minimum Gasteiger partial charge on any atom is -0.462 e. The first-order chi connectivity index (χ1) is 35.5. The zero-order chi connectivity index (χ0) is 52.2. The molecule has 0 heterocycles. The van der Waals surface area contributed by atoms with Crippen molar-refractivity contribution in [1.82, 2.24) is 0 Å². The molecule has 72 heavy (non-hydrogen) atoms. The molecule has 416 valence electrons. The zero-order valence-electron chi connectivity index (χ0n) is 47.7. The average molecular weight is 1010 g/mol. The minimum atomic E-state index is -0.785. The first-order valence-electron chi connectivity index (χ1n) is 30.9. The molecular formula is C66H116O6. The zero-order valence-corrected chi connectivity index (χ0v) is 47.7. The van der Waals surface area contributed by atoms with Gasteiger partial charge in [0, 0.05) is 19.3 Å². The van der Waals surface area contributed by atoms with Gasteiger partial charge in [0.2, 0.25) is 0 Å². The predicted octanol–water partition coefficient (Wildman–Crippen LogP) is 20.9. The van der Waals surface area contributed by atoms with Gasteiger partial charge in [-0.3, -0.25) is 14.4 Å². The van der Waals surface area contributed by atoms with E-state index in [9.17, 15) is 14.4 Å². The second-order valence-corrected chi connectivity index (χ2v) is 20.6. The normalized spacial score (nSPS) is 12.5. The Hall–Kier alpha value is -3.15. The number of unbranched alkanes of at least 4 members (excludes halogenated alkanes) is 33. The highest BCUT2D eigenvalue weighted by molar-refractivity contribution is 5.71. The largest absolute Gasteiger partial charge is 0.462 e. The van der Waals surface area contributed by atoms with Crippen LogP contribution < -0.4 is 0 Å². The third kappa shape index (κ3) is 57.7. The van der Waals surface area contributed by atoms with E-state index in [-0.39, 0.29) is 31.1 Å². The van der Waals surface area contributed by atoms with Crippen LogP contribution in [0.4, 0.5) is 0 Å². The molecule has 0 aromatic carbocycles. The molecule has 0 aliphatic carbocycles. The van der Waals surface area contributed by atoms with E-state index in [0.29, 0.717) is 19.3 Å². The Morgan fingerprint density at radius 3 is 0.861 bits per heavy atom. The molecule has 0 N–H and O–H groups in total. The average Bonchev–Trinajstić information content (AvgIpc) is 3.38. The van der Waals surface area contributed by atoms with Crippen LogP contribution in [0.15, 0.2) is 72.9 Å². The standard InChI is InChI=1S/C66H116O6/c1-4-7-10-13-16-19-22-25-28-30-32-33-34-36-38-41-44-47-50-53-56-59-65(68)71-62-63(61-70-64(67)58-55-52-49-46-43-40-37-27-24-21-18-15-12-9-6-3)72-66(69)60-57-54-51-48-45-42-39-35-31-29-26-23-20-17-14-11-8-5-2/h7,10,16,19,25,27-29,31-33,37,63H,4-6,8-9,11-15,17-18,20-24,26,30,34-36,38-62H2,1-3H3/b10-7-,19-16-,28-25-,31-29-,33-32-,37-27-. The second kappa shape index (κ2) is 60.4. The topological polar surface area (TPSA) is 78.9 Å².